The third-order valence-electron chi connectivity index (χ3n) is 1.21. The SMILES string of the molecule is NC(=O)NCCCOCCCO. The quantitative estimate of drug-likeness (QED) is 0.455. The summed E-state index contributed by atoms with van der Waals surface area (Å²) >= 11 is 0. The third kappa shape index (κ3) is 9.19. The molecule has 4 N–H and O–H groups in total. The molecule has 0 aromatic heterocycles. The van der Waals surface area contributed by atoms with Gasteiger partial charge in [0.1, 0.15) is 0 Å². The lowest BCUT2D eigenvalue weighted by Crippen LogP contribution is -2.30. The van der Waals surface area contributed by atoms with E-state index in [9.17, 15) is 4.79 Å². The number of urea groups is 1. The Labute approximate surface area is 71.9 Å². The van der Waals surface area contributed by atoms with Crippen LogP contribution in [0.3, 0.4) is 0 Å². The Balaban J connectivity index is 2.86. The molecule has 0 unspecified atom stereocenters. The van der Waals surface area contributed by atoms with Crippen LogP contribution >= 0.6 is 0 Å². The maximum atomic E-state index is 10.2. The van der Waals surface area contributed by atoms with Crippen molar-refractivity contribution in [3.8, 4) is 0 Å². The number of aliphatic hydroxyl groups is 1. The summed E-state index contributed by atoms with van der Waals surface area (Å²) in [5.74, 6) is 0. The Morgan fingerprint density at radius 1 is 1.42 bits per heavy atom. The summed E-state index contributed by atoms with van der Waals surface area (Å²) in [4.78, 5) is 10.2. The van der Waals surface area contributed by atoms with E-state index in [0.29, 0.717) is 26.2 Å². The van der Waals surface area contributed by atoms with E-state index < -0.39 is 6.03 Å². The lowest BCUT2D eigenvalue weighted by Gasteiger charge is -2.02. The molecule has 0 bridgehead atoms. The zero-order valence-electron chi connectivity index (χ0n) is 7.08. The fourth-order valence-corrected chi connectivity index (χ4v) is 0.654. The molecule has 5 heteroatoms. The first-order chi connectivity index (χ1) is 5.77. The van der Waals surface area contributed by atoms with E-state index >= 15 is 0 Å². The average molecular weight is 176 g/mol. The van der Waals surface area contributed by atoms with Crippen LogP contribution in [0.15, 0.2) is 0 Å². The molecule has 0 fully saturated rings. The van der Waals surface area contributed by atoms with E-state index in [2.05, 4.69) is 5.32 Å². The molecular weight excluding hydrogens is 160 g/mol. The van der Waals surface area contributed by atoms with Crippen LogP contribution in [0.1, 0.15) is 12.8 Å². The summed E-state index contributed by atoms with van der Waals surface area (Å²) in [7, 11) is 0. The first kappa shape index (κ1) is 11.2. The summed E-state index contributed by atoms with van der Waals surface area (Å²) in [5, 5.41) is 10.8. The number of carbonyl (C=O) groups excluding carboxylic acids is 1. The summed E-state index contributed by atoms with van der Waals surface area (Å²) in [6.45, 7) is 1.83. The lowest BCUT2D eigenvalue weighted by molar-refractivity contribution is 0.114. The molecule has 0 aromatic rings. The molecule has 0 saturated carbocycles. The van der Waals surface area contributed by atoms with Gasteiger partial charge in [-0.15, -0.1) is 0 Å². The predicted octanol–water partition coefficient (Wildman–Crippen LogP) is -0.556. The van der Waals surface area contributed by atoms with Gasteiger partial charge in [0, 0.05) is 26.4 Å². The first-order valence-electron chi connectivity index (χ1n) is 3.99. The van der Waals surface area contributed by atoms with E-state index in [1.807, 2.05) is 0 Å². The monoisotopic (exact) mass is 176 g/mol. The summed E-state index contributed by atoms with van der Waals surface area (Å²) in [6, 6.07) is -0.509. The summed E-state index contributed by atoms with van der Waals surface area (Å²) in [5.41, 5.74) is 4.83. The molecule has 0 aliphatic rings. The van der Waals surface area contributed by atoms with Crippen molar-refractivity contribution in [2.75, 3.05) is 26.4 Å². The molecule has 72 valence electrons. The molecule has 0 heterocycles. The molecule has 0 radical (unpaired) electrons. The number of hydrogen-bond acceptors (Lipinski definition) is 3. The molecular formula is C7H16N2O3. The summed E-state index contributed by atoms with van der Waals surface area (Å²) in [6.07, 6.45) is 1.40. The van der Waals surface area contributed by atoms with Gasteiger partial charge in [0.25, 0.3) is 0 Å². The van der Waals surface area contributed by atoms with Crippen molar-refractivity contribution in [3.05, 3.63) is 0 Å². The van der Waals surface area contributed by atoms with Crippen molar-refractivity contribution in [2.24, 2.45) is 5.73 Å². The van der Waals surface area contributed by atoms with Crippen LogP contribution in [0.2, 0.25) is 0 Å². The molecule has 0 atom stereocenters. The molecule has 0 aromatic carbocycles. The standard InChI is InChI=1S/C7H16N2O3/c8-7(11)9-3-1-5-12-6-2-4-10/h10H,1-6H2,(H3,8,9,11). The highest BCUT2D eigenvalue weighted by atomic mass is 16.5. The predicted molar refractivity (Wildman–Crippen MR) is 44.7 cm³/mol. The van der Waals surface area contributed by atoms with Crippen LogP contribution in [0, 0.1) is 0 Å². The van der Waals surface area contributed by atoms with Gasteiger partial charge in [-0.25, -0.2) is 4.79 Å². The molecule has 0 aliphatic carbocycles. The van der Waals surface area contributed by atoms with E-state index in [-0.39, 0.29) is 6.61 Å². The van der Waals surface area contributed by atoms with E-state index in [4.69, 9.17) is 15.6 Å². The van der Waals surface area contributed by atoms with Crippen molar-refractivity contribution < 1.29 is 14.6 Å². The minimum atomic E-state index is -0.509. The number of carbonyl (C=O) groups is 1. The van der Waals surface area contributed by atoms with Gasteiger partial charge in [-0.2, -0.15) is 0 Å². The van der Waals surface area contributed by atoms with Crippen molar-refractivity contribution in [1.29, 1.82) is 0 Å². The maximum absolute atomic E-state index is 10.2. The highest BCUT2D eigenvalue weighted by molar-refractivity contribution is 5.71. The molecule has 12 heavy (non-hydrogen) atoms. The van der Waals surface area contributed by atoms with Gasteiger partial charge >= 0.3 is 6.03 Å². The maximum Gasteiger partial charge on any atom is 0.312 e. The third-order valence-corrected chi connectivity index (χ3v) is 1.21. The largest absolute Gasteiger partial charge is 0.396 e. The Hall–Kier alpha value is -0.810. The second-order valence-corrected chi connectivity index (χ2v) is 2.33. The van der Waals surface area contributed by atoms with Crippen LogP contribution in [-0.4, -0.2) is 37.5 Å². The molecule has 2 amide bonds. The van der Waals surface area contributed by atoms with Gasteiger partial charge in [0.15, 0.2) is 0 Å². The first-order valence-corrected chi connectivity index (χ1v) is 3.99. The Bertz CT molecular complexity index is 119. The summed E-state index contributed by atoms with van der Waals surface area (Å²) < 4.78 is 5.10. The fourth-order valence-electron chi connectivity index (χ4n) is 0.654. The molecule has 0 saturated heterocycles. The van der Waals surface area contributed by atoms with Crippen molar-refractivity contribution >= 4 is 6.03 Å². The minimum Gasteiger partial charge on any atom is -0.396 e. The topological polar surface area (TPSA) is 84.6 Å². The van der Waals surface area contributed by atoms with Gasteiger partial charge in [0.05, 0.1) is 0 Å². The van der Waals surface area contributed by atoms with Gasteiger partial charge in [-0.1, -0.05) is 0 Å². The number of ether oxygens (including phenoxy) is 1. The minimum absolute atomic E-state index is 0.152. The average Bonchev–Trinajstić information content (AvgIpc) is 2.02. The Morgan fingerprint density at radius 2 is 2.08 bits per heavy atom. The fraction of sp³-hybridized carbons (Fsp3) is 0.857. The molecule has 0 aliphatic heterocycles. The Morgan fingerprint density at radius 3 is 2.67 bits per heavy atom. The van der Waals surface area contributed by atoms with E-state index in [1.165, 1.54) is 0 Å². The highest BCUT2D eigenvalue weighted by Gasteiger charge is 1.91. The second-order valence-electron chi connectivity index (χ2n) is 2.33. The normalized spacial score (nSPS) is 9.75. The van der Waals surface area contributed by atoms with Gasteiger partial charge in [-0.3, -0.25) is 0 Å². The smallest absolute Gasteiger partial charge is 0.312 e. The van der Waals surface area contributed by atoms with Crippen molar-refractivity contribution in [3.63, 3.8) is 0 Å². The van der Waals surface area contributed by atoms with E-state index in [0.717, 1.165) is 6.42 Å². The van der Waals surface area contributed by atoms with E-state index in [1.54, 1.807) is 0 Å². The van der Waals surface area contributed by atoms with Gasteiger partial charge in [-0.05, 0) is 12.8 Å². The van der Waals surface area contributed by atoms with Gasteiger partial charge < -0.3 is 20.9 Å². The number of amides is 2. The number of nitrogens with one attached hydrogen (secondary N) is 1. The molecule has 0 rings (SSSR count). The number of primary amides is 1. The van der Waals surface area contributed by atoms with Crippen LogP contribution in [0.25, 0.3) is 0 Å². The van der Waals surface area contributed by atoms with Crippen LogP contribution in [0.5, 0.6) is 0 Å². The Kier molecular flexibility index (Phi) is 7.73. The van der Waals surface area contributed by atoms with Crippen molar-refractivity contribution in [2.45, 2.75) is 12.8 Å². The number of hydrogen-bond donors (Lipinski definition) is 3. The van der Waals surface area contributed by atoms with Crippen LogP contribution in [-0.2, 0) is 4.74 Å². The van der Waals surface area contributed by atoms with Crippen LogP contribution < -0.4 is 11.1 Å². The number of rotatable bonds is 7. The zero-order chi connectivity index (χ0) is 9.23. The highest BCUT2D eigenvalue weighted by Crippen LogP contribution is 1.83. The van der Waals surface area contributed by atoms with Gasteiger partial charge in [0.2, 0.25) is 0 Å². The number of nitrogens with two attached hydrogens (primary N) is 1. The second kappa shape index (κ2) is 8.29. The van der Waals surface area contributed by atoms with Crippen LogP contribution in [0.4, 0.5) is 4.79 Å². The zero-order valence-corrected chi connectivity index (χ0v) is 7.08. The lowest BCUT2D eigenvalue weighted by atomic mass is 10.4. The van der Waals surface area contributed by atoms with Crippen molar-refractivity contribution in [1.82, 2.24) is 5.32 Å². The number of aliphatic hydroxyl groups excluding tert-OH is 1. The molecule has 0 spiro atoms. The molecule has 5 nitrogen and oxygen atoms in total.